The Labute approximate surface area is 215 Å². The van der Waals surface area contributed by atoms with Gasteiger partial charge in [-0.2, -0.15) is 9.57 Å². The number of sulfonamides is 1. The zero-order valence-electron chi connectivity index (χ0n) is 21.9. The number of nitrogens with zero attached hydrogens (tertiary/aromatic N) is 4. The molecule has 0 radical (unpaired) electrons. The Morgan fingerprint density at radius 2 is 1.83 bits per heavy atom. The number of hydrogen-bond acceptors (Lipinski definition) is 6. The smallest absolute Gasteiger partial charge is 0.243 e. The first-order valence-corrected chi connectivity index (χ1v) is 14.4. The maximum Gasteiger partial charge on any atom is 0.243 e. The van der Waals surface area contributed by atoms with E-state index in [4.69, 9.17) is 9.72 Å². The van der Waals surface area contributed by atoms with Crippen molar-refractivity contribution in [3.05, 3.63) is 52.2 Å². The van der Waals surface area contributed by atoms with Gasteiger partial charge < -0.3 is 9.64 Å². The van der Waals surface area contributed by atoms with Crippen molar-refractivity contribution in [3.63, 3.8) is 0 Å². The zero-order chi connectivity index (χ0) is 25.8. The standard InChI is InChI=1S/C28H36N4O3S/c1-18(2)25-16-31(12-13-32(25)36(33,34)21-10-6-19(3)7-11-21)27-23(15-29)22-14-28(4,5)35-17-24(22)26(30-27)20-8-9-20/h6-7,10-11,18,20,25H,8-9,12-14,16-17H2,1-5H3/t25-/m0/s1. The Morgan fingerprint density at radius 1 is 1.14 bits per heavy atom. The largest absolute Gasteiger partial charge is 0.370 e. The average Bonchev–Trinajstić information content (AvgIpc) is 3.67. The minimum atomic E-state index is -3.63. The summed E-state index contributed by atoms with van der Waals surface area (Å²) in [5.41, 5.74) is 4.56. The molecule has 0 unspecified atom stereocenters. The highest BCUT2D eigenvalue weighted by Gasteiger charge is 2.41. The van der Waals surface area contributed by atoms with Crippen LogP contribution in [0.5, 0.6) is 0 Å². The van der Waals surface area contributed by atoms with Crippen molar-refractivity contribution in [1.82, 2.24) is 9.29 Å². The molecule has 7 nitrogen and oxygen atoms in total. The van der Waals surface area contributed by atoms with Gasteiger partial charge in [-0.15, -0.1) is 0 Å². The molecular weight excluding hydrogens is 472 g/mol. The molecule has 1 aromatic heterocycles. The number of pyridine rings is 1. The first kappa shape index (κ1) is 25.2. The van der Waals surface area contributed by atoms with Crippen LogP contribution in [0.2, 0.25) is 0 Å². The number of aromatic nitrogens is 1. The fourth-order valence-corrected chi connectivity index (χ4v) is 7.23. The Kier molecular flexibility index (Phi) is 6.39. The highest BCUT2D eigenvalue weighted by Crippen LogP contribution is 2.46. The number of rotatable bonds is 5. The van der Waals surface area contributed by atoms with Crippen molar-refractivity contribution in [2.45, 2.75) is 82.9 Å². The van der Waals surface area contributed by atoms with Crippen LogP contribution >= 0.6 is 0 Å². The monoisotopic (exact) mass is 508 g/mol. The van der Waals surface area contributed by atoms with Gasteiger partial charge in [-0.25, -0.2) is 13.4 Å². The number of hydrogen-bond donors (Lipinski definition) is 0. The lowest BCUT2D eigenvalue weighted by molar-refractivity contribution is -0.0407. The molecular formula is C28H36N4O3S. The molecule has 1 aliphatic carbocycles. The van der Waals surface area contributed by atoms with Crippen molar-refractivity contribution >= 4 is 15.8 Å². The minimum Gasteiger partial charge on any atom is -0.370 e. The molecule has 3 aliphatic rings. The van der Waals surface area contributed by atoms with E-state index in [0.29, 0.717) is 54.9 Å². The van der Waals surface area contributed by atoms with E-state index in [9.17, 15) is 13.7 Å². The van der Waals surface area contributed by atoms with Gasteiger partial charge in [-0.05, 0) is 57.2 Å². The fourth-order valence-electron chi connectivity index (χ4n) is 5.49. The maximum atomic E-state index is 13.6. The third-order valence-electron chi connectivity index (χ3n) is 7.78. The quantitative estimate of drug-likeness (QED) is 0.590. The molecule has 1 saturated carbocycles. The van der Waals surface area contributed by atoms with Crippen LogP contribution in [0, 0.1) is 24.2 Å². The molecule has 1 atom stereocenters. The molecule has 0 bridgehead atoms. The second-order valence-electron chi connectivity index (χ2n) is 11.5. The lowest BCUT2D eigenvalue weighted by atomic mass is 9.87. The zero-order valence-corrected chi connectivity index (χ0v) is 22.7. The Balaban J connectivity index is 1.52. The van der Waals surface area contributed by atoms with Crippen LogP contribution in [0.15, 0.2) is 29.2 Å². The lowest BCUT2D eigenvalue weighted by Gasteiger charge is -2.43. The SMILES string of the molecule is Cc1ccc(S(=O)(=O)N2CCN(c3nc(C4CC4)c4c(c3C#N)CC(C)(C)OC4)C[C@H]2C(C)C)cc1. The van der Waals surface area contributed by atoms with E-state index in [1.165, 1.54) is 0 Å². The molecule has 2 aromatic rings. The van der Waals surface area contributed by atoms with Crippen molar-refractivity contribution in [2.75, 3.05) is 24.5 Å². The Morgan fingerprint density at radius 3 is 2.44 bits per heavy atom. The predicted molar refractivity (Wildman–Crippen MR) is 139 cm³/mol. The number of fused-ring (bicyclic) bond motifs is 1. The van der Waals surface area contributed by atoms with Gasteiger partial charge in [0.05, 0.1) is 28.4 Å². The topological polar surface area (TPSA) is 86.5 Å². The molecule has 0 spiro atoms. The van der Waals surface area contributed by atoms with Crippen molar-refractivity contribution < 1.29 is 13.2 Å². The van der Waals surface area contributed by atoms with Crippen LogP contribution in [0.25, 0.3) is 0 Å². The molecule has 0 amide bonds. The highest BCUT2D eigenvalue weighted by atomic mass is 32.2. The number of piperazine rings is 1. The molecule has 2 fully saturated rings. The van der Waals surface area contributed by atoms with Gasteiger partial charge in [0.15, 0.2) is 0 Å². The molecule has 2 aliphatic heterocycles. The number of aryl methyl sites for hydroxylation is 1. The number of benzene rings is 1. The summed E-state index contributed by atoms with van der Waals surface area (Å²) in [5.74, 6) is 1.25. The minimum absolute atomic E-state index is 0.103. The van der Waals surface area contributed by atoms with Gasteiger partial charge in [-0.3, -0.25) is 0 Å². The average molecular weight is 509 g/mol. The van der Waals surface area contributed by atoms with Gasteiger partial charge in [0.1, 0.15) is 11.9 Å². The van der Waals surface area contributed by atoms with E-state index < -0.39 is 10.0 Å². The Hall–Kier alpha value is -2.47. The Bertz CT molecular complexity index is 1310. The summed E-state index contributed by atoms with van der Waals surface area (Å²) < 4.78 is 35.0. The highest BCUT2D eigenvalue weighted by molar-refractivity contribution is 7.89. The van der Waals surface area contributed by atoms with Crippen molar-refractivity contribution in [3.8, 4) is 6.07 Å². The van der Waals surface area contributed by atoms with Crippen molar-refractivity contribution in [1.29, 1.82) is 5.26 Å². The summed E-state index contributed by atoms with van der Waals surface area (Å²) in [5, 5.41) is 10.3. The van der Waals surface area contributed by atoms with Crippen molar-refractivity contribution in [2.24, 2.45) is 5.92 Å². The third-order valence-corrected chi connectivity index (χ3v) is 9.71. The second kappa shape index (κ2) is 9.13. The normalized spacial score (nSPS) is 22.4. The molecule has 192 valence electrons. The molecule has 0 N–H and O–H groups in total. The van der Waals surface area contributed by atoms with Crippen LogP contribution < -0.4 is 4.90 Å². The molecule has 1 saturated heterocycles. The summed E-state index contributed by atoms with van der Waals surface area (Å²) in [7, 11) is -3.63. The molecule has 36 heavy (non-hydrogen) atoms. The summed E-state index contributed by atoms with van der Waals surface area (Å²) in [6.45, 7) is 12.1. The third kappa shape index (κ3) is 4.53. The van der Waals surface area contributed by atoms with Crippen LogP contribution in [-0.4, -0.2) is 49.0 Å². The maximum absolute atomic E-state index is 13.6. The first-order chi connectivity index (χ1) is 17.0. The van der Waals surface area contributed by atoms with E-state index in [-0.39, 0.29) is 17.6 Å². The van der Waals surface area contributed by atoms with Gasteiger partial charge >= 0.3 is 0 Å². The second-order valence-corrected chi connectivity index (χ2v) is 13.3. The van der Waals surface area contributed by atoms with Crippen LogP contribution in [-0.2, 0) is 27.8 Å². The van der Waals surface area contributed by atoms with E-state index in [1.807, 2.05) is 19.1 Å². The van der Waals surface area contributed by atoms with Crippen LogP contribution in [0.3, 0.4) is 0 Å². The van der Waals surface area contributed by atoms with E-state index in [0.717, 1.165) is 35.2 Å². The van der Waals surface area contributed by atoms with E-state index in [1.54, 1.807) is 16.4 Å². The van der Waals surface area contributed by atoms with Gasteiger partial charge in [0.2, 0.25) is 10.0 Å². The molecule has 8 heteroatoms. The van der Waals surface area contributed by atoms with Crippen LogP contribution in [0.1, 0.15) is 74.4 Å². The molecule has 5 rings (SSSR count). The molecule has 1 aromatic carbocycles. The summed E-state index contributed by atoms with van der Waals surface area (Å²) in [4.78, 5) is 7.58. The van der Waals surface area contributed by atoms with Crippen LogP contribution in [0.4, 0.5) is 5.82 Å². The van der Waals surface area contributed by atoms with E-state index >= 15 is 0 Å². The number of nitriles is 1. The fraction of sp³-hybridized carbons (Fsp3) is 0.571. The van der Waals surface area contributed by atoms with Gasteiger partial charge in [0.25, 0.3) is 0 Å². The lowest BCUT2D eigenvalue weighted by Crippen LogP contribution is -2.57. The molecule has 3 heterocycles. The van der Waals surface area contributed by atoms with Gasteiger partial charge in [-0.1, -0.05) is 31.5 Å². The first-order valence-electron chi connectivity index (χ1n) is 12.9. The van der Waals surface area contributed by atoms with E-state index in [2.05, 4.69) is 38.7 Å². The number of ether oxygens (including phenoxy) is 1. The summed E-state index contributed by atoms with van der Waals surface area (Å²) >= 11 is 0. The predicted octanol–water partition coefficient (Wildman–Crippen LogP) is 4.53. The summed E-state index contributed by atoms with van der Waals surface area (Å²) in [6, 6.07) is 9.32. The van der Waals surface area contributed by atoms with Gasteiger partial charge in [0, 0.05) is 43.6 Å². The number of anilines is 1. The summed E-state index contributed by atoms with van der Waals surface area (Å²) in [6.07, 6.45) is 2.91.